The highest BCUT2D eigenvalue weighted by atomic mass is 35.5. The molecule has 3 saturated heterocycles. The zero-order chi connectivity index (χ0) is 30.3. The lowest BCUT2D eigenvalue weighted by atomic mass is 9.66. The Kier molecular flexibility index (Phi) is 8.15. The van der Waals surface area contributed by atoms with E-state index in [0.717, 1.165) is 0 Å². The number of benzene rings is 3. The van der Waals surface area contributed by atoms with Crippen LogP contribution in [-0.2, 0) is 14.4 Å². The van der Waals surface area contributed by atoms with Crippen LogP contribution in [-0.4, -0.2) is 57.0 Å². The van der Waals surface area contributed by atoms with Crippen molar-refractivity contribution in [2.45, 2.75) is 42.3 Å². The first kappa shape index (κ1) is 29.5. The first-order valence-electron chi connectivity index (χ1n) is 14.5. The van der Waals surface area contributed by atoms with Crippen LogP contribution >= 0.6 is 23.4 Å². The van der Waals surface area contributed by atoms with E-state index >= 15 is 0 Å². The van der Waals surface area contributed by atoms with Crippen molar-refractivity contribution in [3.8, 4) is 5.75 Å². The van der Waals surface area contributed by atoms with Gasteiger partial charge in [-0.15, -0.1) is 11.8 Å². The Morgan fingerprint density at radius 1 is 1.05 bits per heavy atom. The maximum Gasteiger partial charge on any atom is 0.248 e. The summed E-state index contributed by atoms with van der Waals surface area (Å²) in [6, 6.07) is 21.6. The van der Waals surface area contributed by atoms with Gasteiger partial charge in [-0.2, -0.15) is 0 Å². The van der Waals surface area contributed by atoms with Crippen LogP contribution in [0.2, 0.25) is 5.02 Å². The van der Waals surface area contributed by atoms with E-state index in [-0.39, 0.29) is 35.5 Å². The molecule has 8 nitrogen and oxygen atoms in total. The highest BCUT2D eigenvalue weighted by Gasteiger charge is 2.76. The number of rotatable bonds is 9. The molecule has 7 atom stereocenters. The lowest BCUT2D eigenvalue weighted by Gasteiger charge is -2.40. The van der Waals surface area contributed by atoms with Gasteiger partial charge in [0.05, 0.1) is 46.5 Å². The normalized spacial score (nSPS) is 28.0. The largest absolute Gasteiger partial charge is 0.494 e. The molecule has 224 valence electrons. The number of fused-ring (bicyclic) bond motifs is 1. The average Bonchev–Trinajstić information content (AvgIpc) is 3.60. The van der Waals surface area contributed by atoms with Gasteiger partial charge < -0.3 is 25.4 Å². The summed E-state index contributed by atoms with van der Waals surface area (Å²) in [6.45, 7) is 4.13. The summed E-state index contributed by atoms with van der Waals surface area (Å²) in [7, 11) is 0. The summed E-state index contributed by atoms with van der Waals surface area (Å²) in [5.41, 5.74) is 1.76. The number of hydrogen-bond donors (Lipinski definition) is 3. The van der Waals surface area contributed by atoms with Crippen molar-refractivity contribution >= 4 is 52.5 Å². The van der Waals surface area contributed by atoms with Crippen LogP contribution in [0, 0.1) is 17.8 Å². The number of hydrogen-bond acceptors (Lipinski definition) is 6. The number of aliphatic hydroxyl groups excluding tert-OH is 1. The summed E-state index contributed by atoms with van der Waals surface area (Å²) < 4.78 is 4.66. The number of ether oxygens (including phenoxy) is 1. The quantitative estimate of drug-likeness (QED) is 0.297. The van der Waals surface area contributed by atoms with Crippen molar-refractivity contribution in [2.24, 2.45) is 17.8 Å². The second-order valence-electron chi connectivity index (χ2n) is 11.3. The van der Waals surface area contributed by atoms with Crippen molar-refractivity contribution in [1.29, 1.82) is 0 Å². The van der Waals surface area contributed by atoms with E-state index in [1.54, 1.807) is 60.3 Å². The Balaban J connectivity index is 1.39. The molecule has 0 radical (unpaired) electrons. The fourth-order valence-electron chi connectivity index (χ4n) is 7.21. The summed E-state index contributed by atoms with van der Waals surface area (Å²) in [5, 5.41) is 16.9. The molecular weight excluding hydrogens is 586 g/mol. The van der Waals surface area contributed by atoms with Crippen LogP contribution < -0.4 is 15.4 Å². The maximum absolute atomic E-state index is 14.6. The minimum atomic E-state index is -0.938. The molecule has 3 fully saturated rings. The number of anilines is 2. The standard InChI is InChI=1S/C33H34ClN3O5S/c1-3-42-22-15-13-21(14-16-22)35-30(39)27-26-17-19(2)33(43-26)28(27)32(41)37(25(18-38)20-9-5-4-6-10-20)29(33)31(40)36-24-12-8-7-11-23(24)34/h4-16,19,25-29,38H,3,17-18H2,1-2H3,(H,35,39)(H,36,40)/t19?,25-,26+,27-,28+,29?,33?/m1/s1. The third-order valence-electron chi connectivity index (χ3n) is 8.99. The SMILES string of the molecule is CCOc1ccc(NC(=O)[C@@H]2[C@@H]3CC(C)C4(S3)C(C(=O)Nc3ccccc3Cl)N([C@H](CO)c3ccccc3)C(=O)[C@H]24)cc1. The predicted octanol–water partition coefficient (Wildman–Crippen LogP) is 5.39. The molecule has 3 aliphatic heterocycles. The second-order valence-corrected chi connectivity index (χ2v) is 13.3. The number of nitrogens with one attached hydrogen (secondary N) is 2. The van der Waals surface area contributed by atoms with Gasteiger partial charge in [-0.25, -0.2) is 0 Å². The van der Waals surface area contributed by atoms with Crippen LogP contribution in [0.15, 0.2) is 78.9 Å². The lowest BCUT2D eigenvalue weighted by Crippen LogP contribution is -2.55. The molecule has 2 bridgehead atoms. The van der Waals surface area contributed by atoms with Crippen molar-refractivity contribution in [2.75, 3.05) is 23.8 Å². The van der Waals surface area contributed by atoms with Crippen LogP contribution in [0.5, 0.6) is 5.75 Å². The Bertz CT molecular complexity index is 1520. The van der Waals surface area contributed by atoms with E-state index in [0.29, 0.717) is 40.7 Å². The number of carbonyl (C=O) groups is 3. The molecule has 3 unspecified atom stereocenters. The summed E-state index contributed by atoms with van der Waals surface area (Å²) >= 11 is 7.99. The van der Waals surface area contributed by atoms with Crippen molar-refractivity contribution in [3.05, 3.63) is 89.4 Å². The smallest absolute Gasteiger partial charge is 0.248 e. The van der Waals surface area contributed by atoms with Crippen molar-refractivity contribution < 1.29 is 24.2 Å². The highest BCUT2D eigenvalue weighted by Crippen LogP contribution is 2.69. The van der Waals surface area contributed by atoms with Gasteiger partial charge >= 0.3 is 0 Å². The maximum atomic E-state index is 14.6. The van der Waals surface area contributed by atoms with Crippen molar-refractivity contribution in [1.82, 2.24) is 4.90 Å². The molecular formula is C33H34ClN3O5S. The van der Waals surface area contributed by atoms with Crippen LogP contribution in [0.4, 0.5) is 11.4 Å². The minimum absolute atomic E-state index is 0.0342. The van der Waals surface area contributed by atoms with Gasteiger partial charge in [-0.05, 0) is 61.2 Å². The Hall–Kier alpha value is -3.53. The van der Waals surface area contributed by atoms with E-state index < -0.39 is 28.7 Å². The number of aliphatic hydroxyl groups is 1. The molecule has 10 heteroatoms. The molecule has 43 heavy (non-hydrogen) atoms. The molecule has 3 N–H and O–H groups in total. The van der Waals surface area contributed by atoms with E-state index in [9.17, 15) is 19.5 Å². The zero-order valence-corrected chi connectivity index (χ0v) is 25.5. The van der Waals surface area contributed by atoms with Crippen molar-refractivity contribution in [3.63, 3.8) is 0 Å². The van der Waals surface area contributed by atoms with Crippen LogP contribution in [0.25, 0.3) is 0 Å². The topological polar surface area (TPSA) is 108 Å². The summed E-state index contributed by atoms with van der Waals surface area (Å²) in [5.74, 6) is -1.64. The number of amides is 3. The number of para-hydroxylation sites is 1. The van der Waals surface area contributed by atoms with Gasteiger partial charge in [0.25, 0.3) is 0 Å². The molecule has 0 saturated carbocycles. The molecule has 0 aliphatic carbocycles. The second kappa shape index (κ2) is 11.9. The van der Waals surface area contributed by atoms with Gasteiger partial charge in [-0.1, -0.05) is 61.0 Å². The molecule has 0 aromatic heterocycles. The van der Waals surface area contributed by atoms with Gasteiger partial charge in [0, 0.05) is 10.9 Å². The number of carbonyl (C=O) groups excluding carboxylic acids is 3. The number of halogens is 1. The molecule has 3 aromatic carbocycles. The Morgan fingerprint density at radius 2 is 1.74 bits per heavy atom. The van der Waals surface area contributed by atoms with E-state index in [1.165, 1.54) is 4.90 Å². The number of likely N-dealkylation sites (tertiary alicyclic amines) is 1. The van der Waals surface area contributed by atoms with E-state index in [4.69, 9.17) is 16.3 Å². The summed E-state index contributed by atoms with van der Waals surface area (Å²) in [6.07, 6.45) is 0.689. The fraction of sp³-hybridized carbons (Fsp3) is 0.364. The highest BCUT2D eigenvalue weighted by molar-refractivity contribution is 8.02. The third kappa shape index (κ3) is 4.97. The molecule has 6 rings (SSSR count). The van der Waals surface area contributed by atoms with E-state index in [2.05, 4.69) is 17.6 Å². The zero-order valence-electron chi connectivity index (χ0n) is 23.9. The van der Waals surface area contributed by atoms with E-state index in [1.807, 2.05) is 37.3 Å². The van der Waals surface area contributed by atoms with Gasteiger partial charge in [0.1, 0.15) is 11.8 Å². The first-order chi connectivity index (χ1) is 20.8. The number of thioether (sulfide) groups is 1. The van der Waals surface area contributed by atoms with Crippen LogP contribution in [0.3, 0.4) is 0 Å². The minimum Gasteiger partial charge on any atom is -0.494 e. The third-order valence-corrected chi connectivity index (χ3v) is 11.4. The summed E-state index contributed by atoms with van der Waals surface area (Å²) in [4.78, 5) is 44.4. The Labute approximate surface area is 260 Å². The average molecular weight is 620 g/mol. The van der Waals surface area contributed by atoms with Gasteiger partial charge in [0.15, 0.2) is 0 Å². The molecule has 3 heterocycles. The van der Waals surface area contributed by atoms with Gasteiger partial charge in [0.2, 0.25) is 17.7 Å². The molecule has 1 spiro atoms. The first-order valence-corrected chi connectivity index (χ1v) is 15.8. The van der Waals surface area contributed by atoms with Crippen LogP contribution in [0.1, 0.15) is 31.9 Å². The molecule has 3 aromatic rings. The number of nitrogens with zero attached hydrogens (tertiary/aromatic N) is 1. The molecule has 3 aliphatic rings. The lowest BCUT2D eigenvalue weighted by molar-refractivity contribution is -0.141. The molecule has 3 amide bonds. The monoisotopic (exact) mass is 619 g/mol. The Morgan fingerprint density at radius 3 is 2.42 bits per heavy atom. The predicted molar refractivity (Wildman–Crippen MR) is 168 cm³/mol. The fourth-order valence-corrected chi connectivity index (χ4v) is 9.81. The van der Waals surface area contributed by atoms with Gasteiger partial charge in [-0.3, -0.25) is 14.4 Å².